The lowest BCUT2D eigenvalue weighted by molar-refractivity contribution is 0.103. The van der Waals surface area contributed by atoms with Gasteiger partial charge in [0.15, 0.2) is 0 Å². The molecule has 16 heavy (non-hydrogen) atoms. The zero-order chi connectivity index (χ0) is 12.3. The number of nitrogens with zero attached hydrogens (tertiary/aromatic N) is 2. The Labute approximate surface area is 101 Å². The molecule has 0 amide bonds. The molecule has 0 aliphatic carbocycles. The molecular weight excluding hydrogens is 198 g/mol. The van der Waals surface area contributed by atoms with E-state index in [-0.39, 0.29) is 0 Å². The van der Waals surface area contributed by atoms with Crippen LogP contribution in [0.1, 0.15) is 27.7 Å². The molecule has 1 unspecified atom stereocenters. The minimum atomic E-state index is 0.380. The second kappa shape index (κ2) is 5.48. The first kappa shape index (κ1) is 13.9. The molecule has 0 bridgehead atoms. The molecule has 0 saturated carbocycles. The van der Waals surface area contributed by atoms with Crippen LogP contribution in [-0.4, -0.2) is 62.2 Å². The van der Waals surface area contributed by atoms with E-state index in [0.29, 0.717) is 17.5 Å². The van der Waals surface area contributed by atoms with Gasteiger partial charge in [-0.3, -0.25) is 4.90 Å². The molecule has 96 valence electrons. The Kier molecular flexibility index (Phi) is 4.77. The maximum Gasteiger partial charge on any atom is 0.0350 e. The van der Waals surface area contributed by atoms with E-state index >= 15 is 0 Å². The van der Waals surface area contributed by atoms with Crippen molar-refractivity contribution in [3.63, 3.8) is 0 Å². The topological polar surface area (TPSA) is 18.5 Å². The fourth-order valence-electron chi connectivity index (χ4n) is 2.57. The zero-order valence-electron chi connectivity index (χ0n) is 11.9. The molecule has 1 atom stereocenters. The summed E-state index contributed by atoms with van der Waals surface area (Å²) in [7, 11) is 4.32. The van der Waals surface area contributed by atoms with E-state index in [4.69, 9.17) is 0 Å². The Morgan fingerprint density at radius 3 is 2.50 bits per heavy atom. The van der Waals surface area contributed by atoms with E-state index in [1.807, 2.05) is 0 Å². The van der Waals surface area contributed by atoms with Crippen molar-refractivity contribution >= 4 is 0 Å². The van der Waals surface area contributed by atoms with Gasteiger partial charge in [-0.2, -0.15) is 0 Å². The molecule has 0 radical (unpaired) electrons. The summed E-state index contributed by atoms with van der Waals surface area (Å²) < 4.78 is 0. The summed E-state index contributed by atoms with van der Waals surface area (Å²) in [5, 5.41) is 3.61. The SMILES string of the molecule is CC(C)N1CC(C)(C)CNCC1CN(C)C. The van der Waals surface area contributed by atoms with Crippen LogP contribution in [0, 0.1) is 5.41 Å². The third-order valence-corrected chi connectivity index (χ3v) is 3.30. The smallest absolute Gasteiger partial charge is 0.0350 e. The van der Waals surface area contributed by atoms with Crippen LogP contribution < -0.4 is 5.32 Å². The Morgan fingerprint density at radius 2 is 2.00 bits per heavy atom. The highest BCUT2D eigenvalue weighted by Gasteiger charge is 2.31. The Hall–Kier alpha value is -0.120. The lowest BCUT2D eigenvalue weighted by atomic mass is 9.92. The van der Waals surface area contributed by atoms with E-state index in [1.165, 1.54) is 6.54 Å². The molecular formula is C13H29N3. The summed E-state index contributed by atoms with van der Waals surface area (Å²) in [6.07, 6.45) is 0. The highest BCUT2D eigenvalue weighted by atomic mass is 15.3. The van der Waals surface area contributed by atoms with Crippen molar-refractivity contribution in [2.75, 3.05) is 40.3 Å². The third kappa shape index (κ3) is 4.04. The molecule has 1 rings (SSSR count). The van der Waals surface area contributed by atoms with Crippen molar-refractivity contribution in [1.82, 2.24) is 15.1 Å². The molecule has 1 aliphatic rings. The molecule has 0 aromatic heterocycles. The van der Waals surface area contributed by atoms with Gasteiger partial charge in [-0.1, -0.05) is 13.8 Å². The quantitative estimate of drug-likeness (QED) is 0.783. The molecule has 1 heterocycles. The summed E-state index contributed by atoms with van der Waals surface area (Å²) in [4.78, 5) is 4.94. The summed E-state index contributed by atoms with van der Waals surface area (Å²) in [6, 6.07) is 1.26. The van der Waals surface area contributed by atoms with Crippen LogP contribution in [0.4, 0.5) is 0 Å². The van der Waals surface area contributed by atoms with Gasteiger partial charge in [0, 0.05) is 38.3 Å². The van der Waals surface area contributed by atoms with E-state index in [2.05, 4.69) is 56.9 Å². The van der Waals surface area contributed by atoms with E-state index in [1.54, 1.807) is 0 Å². The predicted molar refractivity (Wildman–Crippen MR) is 70.8 cm³/mol. The van der Waals surface area contributed by atoms with E-state index in [0.717, 1.165) is 19.6 Å². The second-order valence-corrected chi connectivity index (χ2v) is 6.48. The van der Waals surface area contributed by atoms with Crippen molar-refractivity contribution < 1.29 is 0 Å². The predicted octanol–water partition coefficient (Wildman–Crippen LogP) is 1.26. The summed E-state index contributed by atoms with van der Waals surface area (Å²) in [5.41, 5.74) is 0.380. The van der Waals surface area contributed by atoms with Crippen molar-refractivity contribution in [3.8, 4) is 0 Å². The third-order valence-electron chi connectivity index (χ3n) is 3.30. The van der Waals surface area contributed by atoms with Crippen LogP contribution >= 0.6 is 0 Å². The summed E-state index contributed by atoms with van der Waals surface area (Å²) in [5.74, 6) is 0. The van der Waals surface area contributed by atoms with Crippen LogP contribution in [0.15, 0.2) is 0 Å². The van der Waals surface area contributed by atoms with Crippen molar-refractivity contribution in [1.29, 1.82) is 0 Å². The highest BCUT2D eigenvalue weighted by Crippen LogP contribution is 2.22. The minimum Gasteiger partial charge on any atom is -0.315 e. The Balaban J connectivity index is 2.73. The summed E-state index contributed by atoms with van der Waals surface area (Å²) in [6.45, 7) is 13.9. The molecule has 1 saturated heterocycles. The van der Waals surface area contributed by atoms with E-state index < -0.39 is 0 Å². The minimum absolute atomic E-state index is 0.380. The lowest BCUT2D eigenvalue weighted by Crippen LogP contribution is -2.50. The molecule has 3 nitrogen and oxygen atoms in total. The van der Waals surface area contributed by atoms with Gasteiger partial charge in [0.1, 0.15) is 0 Å². The molecule has 3 heteroatoms. The molecule has 0 aromatic carbocycles. The first-order chi connectivity index (χ1) is 7.32. The number of hydrogen-bond donors (Lipinski definition) is 1. The normalized spacial score (nSPS) is 27.4. The molecule has 1 fully saturated rings. The fourth-order valence-corrected chi connectivity index (χ4v) is 2.57. The van der Waals surface area contributed by atoms with Gasteiger partial charge in [0.25, 0.3) is 0 Å². The molecule has 0 aromatic rings. The van der Waals surface area contributed by atoms with Gasteiger partial charge in [0.05, 0.1) is 0 Å². The van der Waals surface area contributed by atoms with Crippen molar-refractivity contribution in [2.45, 2.75) is 39.8 Å². The number of rotatable bonds is 3. The monoisotopic (exact) mass is 227 g/mol. The standard InChI is InChI=1S/C13H29N3/c1-11(2)16-10-13(3,4)9-14-7-12(16)8-15(5)6/h11-12,14H,7-10H2,1-6H3. The number of likely N-dealkylation sites (N-methyl/N-ethyl adjacent to an activating group) is 1. The Morgan fingerprint density at radius 1 is 1.38 bits per heavy atom. The lowest BCUT2D eigenvalue weighted by Gasteiger charge is -2.38. The molecule has 0 spiro atoms. The van der Waals surface area contributed by atoms with Crippen LogP contribution in [0.2, 0.25) is 0 Å². The van der Waals surface area contributed by atoms with Crippen LogP contribution in [0.3, 0.4) is 0 Å². The average Bonchev–Trinajstić information content (AvgIpc) is 2.24. The first-order valence-electron chi connectivity index (χ1n) is 6.43. The highest BCUT2D eigenvalue weighted by molar-refractivity contribution is 4.88. The van der Waals surface area contributed by atoms with Gasteiger partial charge in [0.2, 0.25) is 0 Å². The molecule has 1 aliphatic heterocycles. The van der Waals surface area contributed by atoms with Gasteiger partial charge >= 0.3 is 0 Å². The maximum atomic E-state index is 3.61. The largest absolute Gasteiger partial charge is 0.315 e. The zero-order valence-corrected chi connectivity index (χ0v) is 11.9. The van der Waals surface area contributed by atoms with E-state index in [9.17, 15) is 0 Å². The van der Waals surface area contributed by atoms with Gasteiger partial charge in [-0.05, 0) is 33.4 Å². The van der Waals surface area contributed by atoms with Gasteiger partial charge < -0.3 is 10.2 Å². The van der Waals surface area contributed by atoms with Crippen LogP contribution in [-0.2, 0) is 0 Å². The fraction of sp³-hybridized carbons (Fsp3) is 1.00. The first-order valence-corrected chi connectivity index (χ1v) is 6.43. The number of hydrogen-bond acceptors (Lipinski definition) is 3. The Bertz CT molecular complexity index is 211. The summed E-state index contributed by atoms with van der Waals surface area (Å²) >= 11 is 0. The second-order valence-electron chi connectivity index (χ2n) is 6.48. The van der Waals surface area contributed by atoms with Crippen LogP contribution in [0.25, 0.3) is 0 Å². The maximum absolute atomic E-state index is 3.61. The average molecular weight is 227 g/mol. The molecule has 1 N–H and O–H groups in total. The van der Waals surface area contributed by atoms with Crippen LogP contribution in [0.5, 0.6) is 0 Å². The van der Waals surface area contributed by atoms with Crippen molar-refractivity contribution in [3.05, 3.63) is 0 Å². The van der Waals surface area contributed by atoms with Gasteiger partial charge in [-0.25, -0.2) is 0 Å². The van der Waals surface area contributed by atoms with Crippen molar-refractivity contribution in [2.24, 2.45) is 5.41 Å². The number of nitrogens with one attached hydrogen (secondary N) is 1. The van der Waals surface area contributed by atoms with Gasteiger partial charge in [-0.15, -0.1) is 0 Å².